The van der Waals surface area contributed by atoms with Gasteiger partial charge in [-0.1, -0.05) is 44.7 Å². The van der Waals surface area contributed by atoms with Crippen LogP contribution in [0.25, 0.3) is 5.57 Å². The zero-order valence-corrected chi connectivity index (χ0v) is 9.88. The molecule has 1 nitrogen and oxygen atoms in total. The highest BCUT2D eigenvalue weighted by molar-refractivity contribution is 5.66. The van der Waals surface area contributed by atoms with Crippen LogP contribution in [0.1, 0.15) is 44.7 Å². The van der Waals surface area contributed by atoms with Crippen molar-refractivity contribution in [3.05, 3.63) is 42.0 Å². The maximum atomic E-state index is 10.3. The van der Waals surface area contributed by atoms with Crippen molar-refractivity contribution in [1.29, 1.82) is 0 Å². The van der Waals surface area contributed by atoms with E-state index in [1.54, 1.807) is 0 Å². The minimum atomic E-state index is -0.755. The molecule has 1 atom stereocenters. The Labute approximate surface area is 92.5 Å². The van der Waals surface area contributed by atoms with Crippen molar-refractivity contribution >= 4 is 5.57 Å². The fourth-order valence-electron chi connectivity index (χ4n) is 1.64. The van der Waals surface area contributed by atoms with Crippen LogP contribution in [-0.4, -0.2) is 5.11 Å². The van der Waals surface area contributed by atoms with Crippen molar-refractivity contribution in [3.63, 3.8) is 0 Å². The Balaban J connectivity index is 3.23. The molecule has 1 rings (SSSR count). The quantitative estimate of drug-likeness (QED) is 0.792. The number of hydrogen-bond donors (Lipinski definition) is 1. The lowest BCUT2D eigenvalue weighted by Gasteiger charge is -2.25. The molecule has 0 amide bonds. The Kier molecular flexibility index (Phi) is 3.70. The van der Waals surface area contributed by atoms with E-state index in [9.17, 15) is 5.11 Å². The highest BCUT2D eigenvalue weighted by Crippen LogP contribution is 2.31. The third-order valence-electron chi connectivity index (χ3n) is 3.00. The first kappa shape index (κ1) is 12.0. The molecule has 0 saturated carbocycles. The maximum absolute atomic E-state index is 10.3. The third-order valence-corrected chi connectivity index (χ3v) is 3.00. The summed E-state index contributed by atoms with van der Waals surface area (Å²) >= 11 is 0. The van der Waals surface area contributed by atoms with E-state index < -0.39 is 5.60 Å². The van der Waals surface area contributed by atoms with Crippen molar-refractivity contribution in [3.8, 4) is 0 Å². The van der Waals surface area contributed by atoms with Crippen LogP contribution in [-0.2, 0) is 5.60 Å². The summed E-state index contributed by atoms with van der Waals surface area (Å²) in [4.78, 5) is 0. The van der Waals surface area contributed by atoms with Gasteiger partial charge < -0.3 is 5.11 Å². The summed E-state index contributed by atoms with van der Waals surface area (Å²) in [6.45, 7) is 9.97. The Morgan fingerprint density at radius 3 is 2.47 bits per heavy atom. The number of aliphatic hydroxyl groups is 1. The number of rotatable bonds is 4. The van der Waals surface area contributed by atoms with Crippen molar-refractivity contribution in [2.24, 2.45) is 0 Å². The van der Waals surface area contributed by atoms with Crippen LogP contribution in [0.15, 0.2) is 30.8 Å². The van der Waals surface area contributed by atoms with Gasteiger partial charge in [-0.05, 0) is 36.5 Å². The molecule has 0 spiro atoms. The molecule has 15 heavy (non-hydrogen) atoms. The third kappa shape index (κ3) is 2.48. The number of allylic oxidation sites excluding steroid dienone is 1. The molecule has 1 aromatic rings. The Morgan fingerprint density at radius 1 is 1.33 bits per heavy atom. The van der Waals surface area contributed by atoms with E-state index in [0.29, 0.717) is 6.42 Å². The average molecular weight is 204 g/mol. The predicted molar refractivity (Wildman–Crippen MR) is 65.6 cm³/mol. The minimum Gasteiger partial charge on any atom is -0.385 e. The lowest BCUT2D eigenvalue weighted by Crippen LogP contribution is -2.21. The first-order chi connectivity index (χ1) is 7.03. The molecule has 0 bridgehead atoms. The SMILES string of the molecule is C=C(CC)c1ccccc1C(C)(O)CC. The lowest BCUT2D eigenvalue weighted by atomic mass is 9.86. The van der Waals surface area contributed by atoms with Crippen molar-refractivity contribution in [1.82, 2.24) is 0 Å². The molecule has 0 radical (unpaired) electrons. The molecular formula is C14H20O. The molecule has 0 aliphatic carbocycles. The second kappa shape index (κ2) is 4.63. The topological polar surface area (TPSA) is 20.2 Å². The van der Waals surface area contributed by atoms with Gasteiger partial charge in [0.05, 0.1) is 5.60 Å². The summed E-state index contributed by atoms with van der Waals surface area (Å²) in [5.74, 6) is 0. The summed E-state index contributed by atoms with van der Waals surface area (Å²) in [7, 11) is 0. The molecule has 0 saturated heterocycles. The Morgan fingerprint density at radius 2 is 1.93 bits per heavy atom. The summed E-state index contributed by atoms with van der Waals surface area (Å²) in [6.07, 6.45) is 1.62. The van der Waals surface area contributed by atoms with Crippen molar-refractivity contribution < 1.29 is 5.11 Å². The van der Waals surface area contributed by atoms with Gasteiger partial charge >= 0.3 is 0 Å². The van der Waals surface area contributed by atoms with E-state index >= 15 is 0 Å². The molecule has 0 aliphatic heterocycles. The molecule has 0 fully saturated rings. The van der Waals surface area contributed by atoms with Gasteiger partial charge in [-0.2, -0.15) is 0 Å². The smallest absolute Gasteiger partial charge is 0.0871 e. The molecular weight excluding hydrogens is 184 g/mol. The Hall–Kier alpha value is -1.08. The molecule has 0 heterocycles. The summed E-state index contributed by atoms with van der Waals surface area (Å²) in [6, 6.07) is 7.97. The van der Waals surface area contributed by atoms with Crippen LogP contribution in [0.3, 0.4) is 0 Å². The average Bonchev–Trinajstić information content (AvgIpc) is 2.28. The Bertz CT molecular complexity index is 350. The van der Waals surface area contributed by atoms with Gasteiger partial charge in [-0.25, -0.2) is 0 Å². The van der Waals surface area contributed by atoms with Gasteiger partial charge in [0.2, 0.25) is 0 Å². The monoisotopic (exact) mass is 204 g/mol. The van der Waals surface area contributed by atoms with Crippen molar-refractivity contribution in [2.45, 2.75) is 39.2 Å². The highest BCUT2D eigenvalue weighted by Gasteiger charge is 2.23. The van der Waals surface area contributed by atoms with E-state index in [4.69, 9.17) is 0 Å². The first-order valence-electron chi connectivity index (χ1n) is 5.53. The van der Waals surface area contributed by atoms with Crippen LogP contribution >= 0.6 is 0 Å². The molecule has 1 aromatic carbocycles. The standard InChI is InChI=1S/C14H20O/c1-5-11(3)12-9-7-8-10-13(12)14(4,15)6-2/h7-10,15H,3,5-6H2,1-2,4H3. The van der Waals surface area contributed by atoms with Crippen LogP contribution in [0.2, 0.25) is 0 Å². The summed E-state index contributed by atoms with van der Waals surface area (Å²) in [5.41, 5.74) is 2.40. The first-order valence-corrected chi connectivity index (χ1v) is 5.53. The summed E-state index contributed by atoms with van der Waals surface area (Å²) in [5, 5.41) is 10.3. The molecule has 0 aromatic heterocycles. The zero-order chi connectivity index (χ0) is 11.5. The van der Waals surface area contributed by atoms with Crippen LogP contribution in [0, 0.1) is 0 Å². The van der Waals surface area contributed by atoms with Crippen LogP contribution in [0.4, 0.5) is 0 Å². The molecule has 82 valence electrons. The van der Waals surface area contributed by atoms with Gasteiger partial charge in [0.25, 0.3) is 0 Å². The van der Waals surface area contributed by atoms with Crippen LogP contribution < -0.4 is 0 Å². The fraction of sp³-hybridized carbons (Fsp3) is 0.429. The minimum absolute atomic E-state index is 0.709. The van der Waals surface area contributed by atoms with Crippen LogP contribution in [0.5, 0.6) is 0 Å². The van der Waals surface area contributed by atoms with Crippen molar-refractivity contribution in [2.75, 3.05) is 0 Å². The summed E-state index contributed by atoms with van der Waals surface area (Å²) < 4.78 is 0. The molecule has 1 unspecified atom stereocenters. The lowest BCUT2D eigenvalue weighted by molar-refractivity contribution is 0.0528. The second-order valence-corrected chi connectivity index (χ2v) is 4.13. The predicted octanol–water partition coefficient (Wildman–Crippen LogP) is 3.73. The van der Waals surface area contributed by atoms with Gasteiger partial charge in [-0.3, -0.25) is 0 Å². The highest BCUT2D eigenvalue weighted by atomic mass is 16.3. The van der Waals surface area contributed by atoms with Gasteiger partial charge in [0.15, 0.2) is 0 Å². The number of benzene rings is 1. The molecule has 1 N–H and O–H groups in total. The van der Waals surface area contributed by atoms with E-state index in [1.807, 2.05) is 38.1 Å². The van der Waals surface area contributed by atoms with E-state index in [-0.39, 0.29) is 0 Å². The van der Waals surface area contributed by atoms with E-state index in [0.717, 1.165) is 23.1 Å². The van der Waals surface area contributed by atoms with E-state index in [1.165, 1.54) is 0 Å². The van der Waals surface area contributed by atoms with Gasteiger partial charge in [0.1, 0.15) is 0 Å². The molecule has 1 heteroatoms. The number of hydrogen-bond acceptors (Lipinski definition) is 1. The maximum Gasteiger partial charge on any atom is 0.0871 e. The van der Waals surface area contributed by atoms with E-state index in [2.05, 4.69) is 13.5 Å². The largest absolute Gasteiger partial charge is 0.385 e. The zero-order valence-electron chi connectivity index (χ0n) is 9.88. The van der Waals surface area contributed by atoms with Gasteiger partial charge in [0, 0.05) is 0 Å². The van der Waals surface area contributed by atoms with Gasteiger partial charge in [-0.15, -0.1) is 0 Å². The fourth-order valence-corrected chi connectivity index (χ4v) is 1.64. The second-order valence-electron chi connectivity index (χ2n) is 4.13. The molecule has 0 aliphatic rings. The normalized spacial score (nSPS) is 14.7.